The highest BCUT2D eigenvalue weighted by molar-refractivity contribution is 5.88. The first-order valence-electron chi connectivity index (χ1n) is 6.86. The summed E-state index contributed by atoms with van der Waals surface area (Å²) in [5.41, 5.74) is 0.812. The summed E-state index contributed by atoms with van der Waals surface area (Å²) in [6, 6.07) is 4.93. The van der Waals surface area contributed by atoms with Crippen molar-refractivity contribution in [1.29, 1.82) is 0 Å². The smallest absolute Gasteiger partial charge is 0.328 e. The molecule has 1 aliphatic rings. The average molecular weight is 276 g/mol. The van der Waals surface area contributed by atoms with E-state index in [1.807, 2.05) is 32.0 Å². The number of carbonyl (C=O) groups is 2. The van der Waals surface area contributed by atoms with Crippen molar-refractivity contribution < 1.29 is 14.3 Å². The Hall–Kier alpha value is -1.91. The number of likely N-dealkylation sites (tertiary alicyclic amines) is 1. The minimum Gasteiger partial charge on any atom is -0.467 e. The van der Waals surface area contributed by atoms with E-state index >= 15 is 0 Å². The molecule has 2 heterocycles. The third-order valence-corrected chi connectivity index (χ3v) is 3.65. The summed E-state index contributed by atoms with van der Waals surface area (Å²) in [5, 5.41) is 0. The molecule has 0 N–H and O–H groups in total. The standard InChI is InChI=1S/C15H20N2O3/c1-10(2)14(11-6-4-5-9-16-11)17-12(15(19)20-3)7-8-13(17)18/h4-6,9-10,12,14H,7-8H2,1-3H3. The molecule has 2 atom stereocenters. The van der Waals surface area contributed by atoms with Gasteiger partial charge in [0.1, 0.15) is 6.04 Å². The van der Waals surface area contributed by atoms with Gasteiger partial charge in [0.2, 0.25) is 5.91 Å². The Bertz CT molecular complexity index is 487. The Morgan fingerprint density at radius 1 is 1.45 bits per heavy atom. The molecule has 1 fully saturated rings. The van der Waals surface area contributed by atoms with Gasteiger partial charge < -0.3 is 9.64 Å². The monoisotopic (exact) mass is 276 g/mol. The number of rotatable bonds is 4. The lowest BCUT2D eigenvalue weighted by atomic mass is 9.97. The van der Waals surface area contributed by atoms with Gasteiger partial charge in [0.15, 0.2) is 0 Å². The van der Waals surface area contributed by atoms with Crippen LogP contribution in [0.4, 0.5) is 0 Å². The topological polar surface area (TPSA) is 59.5 Å². The van der Waals surface area contributed by atoms with Crippen LogP contribution in [0.3, 0.4) is 0 Å². The first-order chi connectivity index (χ1) is 9.56. The van der Waals surface area contributed by atoms with Crippen molar-refractivity contribution in [3.8, 4) is 0 Å². The van der Waals surface area contributed by atoms with Crippen molar-refractivity contribution in [3.05, 3.63) is 30.1 Å². The number of amides is 1. The molecule has 0 aromatic carbocycles. The molecular weight excluding hydrogens is 256 g/mol. The summed E-state index contributed by atoms with van der Waals surface area (Å²) in [4.78, 5) is 30.1. The van der Waals surface area contributed by atoms with E-state index in [1.165, 1.54) is 7.11 Å². The lowest BCUT2D eigenvalue weighted by Crippen LogP contribution is -2.43. The molecule has 1 amide bonds. The van der Waals surface area contributed by atoms with E-state index in [9.17, 15) is 9.59 Å². The number of hydrogen-bond donors (Lipinski definition) is 0. The minimum absolute atomic E-state index is 0.00949. The largest absolute Gasteiger partial charge is 0.467 e. The number of methoxy groups -OCH3 is 1. The second-order valence-electron chi connectivity index (χ2n) is 5.32. The maximum Gasteiger partial charge on any atom is 0.328 e. The Morgan fingerprint density at radius 3 is 2.75 bits per heavy atom. The zero-order valence-corrected chi connectivity index (χ0v) is 12.1. The van der Waals surface area contributed by atoms with E-state index in [1.54, 1.807) is 11.1 Å². The number of hydrogen-bond acceptors (Lipinski definition) is 4. The van der Waals surface area contributed by atoms with E-state index in [-0.39, 0.29) is 23.8 Å². The normalized spacial score (nSPS) is 20.3. The number of ether oxygens (including phenoxy) is 1. The van der Waals surface area contributed by atoms with Crippen molar-refractivity contribution in [2.75, 3.05) is 7.11 Å². The average Bonchev–Trinajstić information content (AvgIpc) is 2.81. The number of esters is 1. The lowest BCUT2D eigenvalue weighted by Gasteiger charge is -2.34. The minimum atomic E-state index is -0.498. The predicted molar refractivity (Wildman–Crippen MR) is 73.7 cm³/mol. The van der Waals surface area contributed by atoms with E-state index in [2.05, 4.69) is 4.98 Å². The number of aromatic nitrogens is 1. The van der Waals surface area contributed by atoms with Gasteiger partial charge in [-0.3, -0.25) is 9.78 Å². The van der Waals surface area contributed by atoms with Gasteiger partial charge in [-0.25, -0.2) is 4.79 Å². The molecule has 2 rings (SSSR count). The molecule has 20 heavy (non-hydrogen) atoms. The van der Waals surface area contributed by atoms with Gasteiger partial charge in [-0.2, -0.15) is 0 Å². The number of carbonyl (C=O) groups excluding carboxylic acids is 2. The fourth-order valence-electron chi connectivity index (χ4n) is 2.77. The maximum atomic E-state index is 12.2. The fourth-order valence-corrected chi connectivity index (χ4v) is 2.77. The summed E-state index contributed by atoms with van der Waals surface area (Å²) in [6.45, 7) is 4.05. The van der Waals surface area contributed by atoms with Crippen LogP contribution in [0.15, 0.2) is 24.4 Å². The van der Waals surface area contributed by atoms with E-state index in [0.717, 1.165) is 5.69 Å². The fraction of sp³-hybridized carbons (Fsp3) is 0.533. The second-order valence-corrected chi connectivity index (χ2v) is 5.32. The van der Waals surface area contributed by atoms with Crippen LogP contribution in [0.5, 0.6) is 0 Å². The molecule has 0 bridgehead atoms. The number of nitrogens with zero attached hydrogens (tertiary/aromatic N) is 2. The Morgan fingerprint density at radius 2 is 2.20 bits per heavy atom. The molecule has 0 aliphatic carbocycles. The molecule has 5 nitrogen and oxygen atoms in total. The van der Waals surface area contributed by atoms with Crippen LogP contribution in [-0.4, -0.2) is 34.9 Å². The van der Waals surface area contributed by atoms with E-state index in [0.29, 0.717) is 12.8 Å². The third-order valence-electron chi connectivity index (χ3n) is 3.65. The van der Waals surface area contributed by atoms with Crippen molar-refractivity contribution >= 4 is 11.9 Å². The third kappa shape index (κ3) is 2.66. The second kappa shape index (κ2) is 6.03. The van der Waals surface area contributed by atoms with Crippen LogP contribution in [-0.2, 0) is 14.3 Å². The Kier molecular flexibility index (Phi) is 4.37. The molecule has 108 valence electrons. The van der Waals surface area contributed by atoms with Gasteiger partial charge in [0, 0.05) is 12.6 Å². The maximum absolute atomic E-state index is 12.2. The Balaban J connectivity index is 2.37. The van der Waals surface area contributed by atoms with Crippen molar-refractivity contribution in [2.24, 2.45) is 5.92 Å². The van der Waals surface area contributed by atoms with Gasteiger partial charge in [-0.1, -0.05) is 19.9 Å². The molecule has 2 unspecified atom stereocenters. The van der Waals surface area contributed by atoms with Crippen LogP contribution in [0, 0.1) is 5.92 Å². The number of pyridine rings is 1. The zero-order valence-electron chi connectivity index (χ0n) is 12.1. The van der Waals surface area contributed by atoms with Crippen LogP contribution in [0.25, 0.3) is 0 Å². The predicted octanol–water partition coefficient (Wildman–Crippen LogP) is 1.94. The van der Waals surface area contributed by atoms with Crippen molar-refractivity contribution in [1.82, 2.24) is 9.88 Å². The molecule has 1 aromatic heterocycles. The van der Waals surface area contributed by atoms with E-state index < -0.39 is 6.04 Å². The zero-order chi connectivity index (χ0) is 14.7. The lowest BCUT2D eigenvalue weighted by molar-refractivity contribution is -0.151. The van der Waals surface area contributed by atoms with Crippen LogP contribution in [0.2, 0.25) is 0 Å². The van der Waals surface area contributed by atoms with Crippen LogP contribution < -0.4 is 0 Å². The van der Waals surface area contributed by atoms with Gasteiger partial charge >= 0.3 is 5.97 Å². The highest BCUT2D eigenvalue weighted by Crippen LogP contribution is 2.34. The molecule has 5 heteroatoms. The van der Waals surface area contributed by atoms with Gasteiger partial charge in [0.25, 0.3) is 0 Å². The Labute approximate surface area is 118 Å². The quantitative estimate of drug-likeness (QED) is 0.789. The summed E-state index contributed by atoms with van der Waals surface area (Å²) in [7, 11) is 1.36. The van der Waals surface area contributed by atoms with Crippen molar-refractivity contribution in [2.45, 2.75) is 38.8 Å². The van der Waals surface area contributed by atoms with Crippen molar-refractivity contribution in [3.63, 3.8) is 0 Å². The van der Waals surface area contributed by atoms with Crippen LogP contribution in [0.1, 0.15) is 38.4 Å². The van der Waals surface area contributed by atoms with Gasteiger partial charge in [-0.15, -0.1) is 0 Å². The molecule has 0 spiro atoms. The summed E-state index contributed by atoms with van der Waals surface area (Å²) in [5.74, 6) is -0.193. The van der Waals surface area contributed by atoms with Gasteiger partial charge in [0.05, 0.1) is 18.8 Å². The highest BCUT2D eigenvalue weighted by Gasteiger charge is 2.42. The molecule has 1 saturated heterocycles. The SMILES string of the molecule is COC(=O)C1CCC(=O)N1C(c1ccccn1)C(C)C. The molecule has 0 saturated carbocycles. The molecule has 1 aromatic rings. The highest BCUT2D eigenvalue weighted by atomic mass is 16.5. The molecule has 0 radical (unpaired) electrons. The molecule has 1 aliphatic heterocycles. The summed E-state index contributed by atoms with van der Waals surface area (Å²) < 4.78 is 4.83. The summed E-state index contributed by atoms with van der Waals surface area (Å²) in [6.07, 6.45) is 2.61. The van der Waals surface area contributed by atoms with E-state index in [4.69, 9.17) is 4.74 Å². The first kappa shape index (κ1) is 14.5. The first-order valence-corrected chi connectivity index (χ1v) is 6.86. The van der Waals surface area contributed by atoms with Crippen LogP contribution >= 0.6 is 0 Å². The van der Waals surface area contributed by atoms with Gasteiger partial charge in [-0.05, 0) is 24.5 Å². The summed E-state index contributed by atoms with van der Waals surface area (Å²) >= 11 is 0. The molecular formula is C15H20N2O3.